The first-order valence-corrected chi connectivity index (χ1v) is 12.7. The van der Waals surface area contributed by atoms with E-state index in [0.29, 0.717) is 33.0 Å². The fourth-order valence-electron chi connectivity index (χ4n) is 5.50. The Kier molecular flexibility index (Phi) is 6.71. The van der Waals surface area contributed by atoms with Gasteiger partial charge in [-0.15, -0.1) is 0 Å². The van der Waals surface area contributed by atoms with E-state index in [2.05, 4.69) is 0 Å². The highest BCUT2D eigenvalue weighted by atomic mass is 16.5. The number of fused-ring (bicyclic) bond motifs is 2. The second-order valence-electron chi connectivity index (χ2n) is 9.78. The first-order chi connectivity index (χ1) is 17.0. The second kappa shape index (κ2) is 10.1. The number of carboxylic acids is 1. The summed E-state index contributed by atoms with van der Waals surface area (Å²) in [6.07, 6.45) is 9.51. The van der Waals surface area contributed by atoms with E-state index in [9.17, 15) is 19.5 Å². The summed E-state index contributed by atoms with van der Waals surface area (Å²) in [4.78, 5) is 38.0. The third-order valence-corrected chi connectivity index (χ3v) is 7.45. The molecule has 5 rings (SSSR count). The molecular weight excluding hydrogens is 444 g/mol. The van der Waals surface area contributed by atoms with Crippen molar-refractivity contribution in [2.24, 2.45) is 11.8 Å². The molecule has 0 atom stereocenters. The average Bonchev–Trinajstić information content (AvgIpc) is 2.90. The molecule has 2 fully saturated rings. The minimum absolute atomic E-state index is 0.0762. The Bertz CT molecular complexity index is 1280. The van der Waals surface area contributed by atoms with E-state index in [-0.39, 0.29) is 29.3 Å². The molecular formula is C29H30O6. The highest BCUT2D eigenvalue weighted by Gasteiger charge is 2.28. The summed E-state index contributed by atoms with van der Waals surface area (Å²) in [5, 5.41) is 11.9. The van der Waals surface area contributed by atoms with Gasteiger partial charge in [-0.25, -0.2) is 4.79 Å². The van der Waals surface area contributed by atoms with Crippen LogP contribution in [-0.4, -0.2) is 23.0 Å². The van der Waals surface area contributed by atoms with Crippen LogP contribution in [0.3, 0.4) is 0 Å². The number of carbonyl (C=O) groups is 3. The third kappa shape index (κ3) is 4.75. The molecule has 0 amide bonds. The van der Waals surface area contributed by atoms with Gasteiger partial charge in [0.1, 0.15) is 11.5 Å². The van der Waals surface area contributed by atoms with Gasteiger partial charge in [0.05, 0.1) is 17.4 Å². The van der Waals surface area contributed by atoms with Gasteiger partial charge >= 0.3 is 17.9 Å². The summed E-state index contributed by atoms with van der Waals surface area (Å²) >= 11 is 0. The van der Waals surface area contributed by atoms with Crippen LogP contribution < -0.4 is 9.47 Å². The molecule has 6 nitrogen and oxygen atoms in total. The van der Waals surface area contributed by atoms with Crippen LogP contribution in [0.25, 0.3) is 21.5 Å². The highest BCUT2D eigenvalue weighted by molar-refractivity contribution is 6.14. The summed E-state index contributed by atoms with van der Waals surface area (Å²) in [5.41, 5.74) is 0.0762. The lowest BCUT2D eigenvalue weighted by Crippen LogP contribution is -2.24. The fraction of sp³-hybridized carbons (Fsp3) is 0.414. The van der Waals surface area contributed by atoms with E-state index in [0.717, 1.165) is 64.2 Å². The van der Waals surface area contributed by atoms with Gasteiger partial charge < -0.3 is 14.6 Å². The van der Waals surface area contributed by atoms with Crippen molar-refractivity contribution in [2.45, 2.75) is 64.2 Å². The van der Waals surface area contributed by atoms with Crippen LogP contribution in [0.15, 0.2) is 42.5 Å². The number of hydrogen-bond donors (Lipinski definition) is 1. The van der Waals surface area contributed by atoms with Crippen molar-refractivity contribution in [3.63, 3.8) is 0 Å². The van der Waals surface area contributed by atoms with Crippen molar-refractivity contribution >= 4 is 39.5 Å². The van der Waals surface area contributed by atoms with E-state index < -0.39 is 5.97 Å². The minimum atomic E-state index is -1.08. The third-order valence-electron chi connectivity index (χ3n) is 7.45. The lowest BCUT2D eigenvalue weighted by Gasteiger charge is -2.23. The maximum absolute atomic E-state index is 13.1. The normalized spacial score (nSPS) is 17.4. The molecule has 0 heterocycles. The van der Waals surface area contributed by atoms with E-state index in [1.165, 1.54) is 12.1 Å². The lowest BCUT2D eigenvalue weighted by atomic mass is 9.89. The van der Waals surface area contributed by atoms with Crippen molar-refractivity contribution in [3.05, 3.63) is 48.0 Å². The molecule has 1 N–H and O–H groups in total. The van der Waals surface area contributed by atoms with Crippen LogP contribution in [0.5, 0.6) is 11.5 Å². The van der Waals surface area contributed by atoms with Crippen molar-refractivity contribution < 1.29 is 29.0 Å². The zero-order valence-corrected chi connectivity index (χ0v) is 19.8. The number of esters is 2. The Hall–Kier alpha value is -3.41. The topological polar surface area (TPSA) is 89.9 Å². The number of hydrogen-bond acceptors (Lipinski definition) is 5. The molecule has 2 saturated carbocycles. The van der Waals surface area contributed by atoms with Crippen LogP contribution in [0.2, 0.25) is 0 Å². The van der Waals surface area contributed by atoms with E-state index in [1.54, 1.807) is 6.07 Å². The quantitative estimate of drug-likeness (QED) is 0.253. The van der Waals surface area contributed by atoms with Crippen LogP contribution in [0.4, 0.5) is 0 Å². The Balaban J connectivity index is 1.64. The summed E-state index contributed by atoms with van der Waals surface area (Å²) in [6.45, 7) is 0. The Labute approximate surface area is 204 Å². The molecule has 0 bridgehead atoms. The second-order valence-corrected chi connectivity index (χ2v) is 9.78. The first-order valence-electron chi connectivity index (χ1n) is 12.7. The maximum atomic E-state index is 13.1. The molecule has 6 heteroatoms. The summed E-state index contributed by atoms with van der Waals surface area (Å²) in [7, 11) is 0. The molecule has 0 radical (unpaired) electrons. The van der Waals surface area contributed by atoms with Gasteiger partial charge in [-0.2, -0.15) is 0 Å². The SMILES string of the molecule is O=C(O)c1ccc2c(OC(=O)C3CCCCC3)c3ccccc3c(OC(=O)C3CCCCC3)c2c1. The predicted molar refractivity (Wildman–Crippen MR) is 133 cm³/mol. The minimum Gasteiger partial charge on any atom is -0.478 e. The van der Waals surface area contributed by atoms with E-state index >= 15 is 0 Å². The summed E-state index contributed by atoms with van der Waals surface area (Å²) < 4.78 is 12.0. The predicted octanol–water partition coefficient (Wildman–Crippen LogP) is 6.66. The molecule has 0 aliphatic heterocycles. The van der Waals surface area contributed by atoms with Gasteiger partial charge in [-0.1, -0.05) is 62.8 Å². The average molecular weight is 475 g/mol. The zero-order valence-electron chi connectivity index (χ0n) is 19.8. The molecule has 0 unspecified atom stereocenters. The lowest BCUT2D eigenvalue weighted by molar-refractivity contribution is -0.140. The van der Waals surface area contributed by atoms with Gasteiger partial charge in [0.25, 0.3) is 0 Å². The Morgan fingerprint density at radius 3 is 1.57 bits per heavy atom. The molecule has 3 aromatic carbocycles. The number of aromatic carboxylic acids is 1. The van der Waals surface area contributed by atoms with Crippen molar-refractivity contribution in [3.8, 4) is 11.5 Å². The highest BCUT2D eigenvalue weighted by Crippen LogP contribution is 2.44. The molecule has 0 spiro atoms. The Morgan fingerprint density at radius 2 is 1.09 bits per heavy atom. The van der Waals surface area contributed by atoms with Gasteiger partial charge in [0.15, 0.2) is 0 Å². The number of benzene rings is 3. The van der Waals surface area contributed by atoms with Crippen LogP contribution in [0, 0.1) is 11.8 Å². The van der Waals surface area contributed by atoms with Gasteiger partial charge in [-0.3, -0.25) is 9.59 Å². The monoisotopic (exact) mass is 474 g/mol. The molecule has 2 aliphatic rings. The Morgan fingerprint density at radius 1 is 0.629 bits per heavy atom. The van der Waals surface area contributed by atoms with Gasteiger partial charge in [-0.05, 0) is 43.9 Å². The first kappa shape index (κ1) is 23.3. The summed E-state index contributed by atoms with van der Waals surface area (Å²) in [6, 6.07) is 12.0. The number of ether oxygens (including phenoxy) is 2. The van der Waals surface area contributed by atoms with Crippen molar-refractivity contribution in [1.29, 1.82) is 0 Å². The molecule has 3 aromatic rings. The van der Waals surface area contributed by atoms with Crippen molar-refractivity contribution in [1.82, 2.24) is 0 Å². The van der Waals surface area contributed by atoms with Crippen LogP contribution in [0.1, 0.15) is 74.6 Å². The number of carbonyl (C=O) groups excluding carboxylic acids is 2. The van der Waals surface area contributed by atoms with Crippen LogP contribution >= 0.6 is 0 Å². The largest absolute Gasteiger partial charge is 0.478 e. The standard InChI is InChI=1S/C29H30O6/c30-27(31)20-15-16-23-24(17-20)26(35-29(33)19-11-5-2-6-12-19)22-14-8-7-13-21(22)25(23)34-28(32)18-9-3-1-4-10-18/h7-8,13-19H,1-6,9-12H2,(H,30,31). The van der Waals surface area contributed by atoms with Gasteiger partial charge in [0.2, 0.25) is 0 Å². The number of carboxylic acid groups (broad SMARTS) is 1. The molecule has 0 saturated heterocycles. The molecule has 2 aliphatic carbocycles. The fourth-order valence-corrected chi connectivity index (χ4v) is 5.50. The molecule has 182 valence electrons. The summed E-state index contributed by atoms with van der Waals surface area (Å²) in [5.74, 6) is -1.21. The smallest absolute Gasteiger partial charge is 0.335 e. The van der Waals surface area contributed by atoms with E-state index in [1.807, 2.05) is 24.3 Å². The zero-order chi connectivity index (χ0) is 24.4. The van der Waals surface area contributed by atoms with Gasteiger partial charge in [0, 0.05) is 21.5 Å². The molecule has 35 heavy (non-hydrogen) atoms. The van der Waals surface area contributed by atoms with E-state index in [4.69, 9.17) is 9.47 Å². The molecule has 0 aromatic heterocycles. The van der Waals surface area contributed by atoms with Crippen LogP contribution in [-0.2, 0) is 9.59 Å². The van der Waals surface area contributed by atoms with Crippen molar-refractivity contribution in [2.75, 3.05) is 0 Å². The maximum Gasteiger partial charge on any atom is 0.335 e. The number of rotatable bonds is 5.